The van der Waals surface area contributed by atoms with E-state index in [0.717, 1.165) is 20.8 Å². The molecule has 16 N–H and O–H groups in total. The zero-order valence-electron chi connectivity index (χ0n) is 32.4. The fourth-order valence-electron chi connectivity index (χ4n) is 7.46. The molecular weight excluding hydrogens is 822 g/mol. The molecule has 60 heavy (non-hydrogen) atoms. The second kappa shape index (κ2) is 21.0. The Balaban J connectivity index is 1.65. The van der Waals surface area contributed by atoms with Gasteiger partial charge in [-0.15, -0.1) is 0 Å². The number of aliphatic carboxylic acids is 1. The van der Waals surface area contributed by atoms with Crippen LogP contribution in [0.5, 0.6) is 0 Å². The molecule has 21 atom stereocenters. The molecule has 0 spiro atoms. The predicted octanol–water partition coefficient (Wildman–Crippen LogP) is -10.1. The van der Waals surface area contributed by atoms with Crippen LogP contribution in [0.3, 0.4) is 0 Å². The third-order valence-corrected chi connectivity index (χ3v) is 10.4. The van der Waals surface area contributed by atoms with Crippen LogP contribution in [0.1, 0.15) is 27.2 Å². The molecule has 27 heteroatoms. The number of carbonyl (C=O) groups excluding carboxylic acids is 3. The van der Waals surface area contributed by atoms with Crippen molar-refractivity contribution in [3.8, 4) is 0 Å². The van der Waals surface area contributed by atoms with Crippen LogP contribution in [0, 0.1) is 0 Å². The van der Waals surface area contributed by atoms with E-state index in [1.54, 1.807) is 0 Å². The summed E-state index contributed by atoms with van der Waals surface area (Å²) < 4.78 is 39.5. The van der Waals surface area contributed by atoms with E-state index in [1.165, 1.54) is 0 Å². The van der Waals surface area contributed by atoms with Gasteiger partial charge in [-0.3, -0.25) is 14.4 Å². The Bertz CT molecular complexity index is 1470. The summed E-state index contributed by atoms with van der Waals surface area (Å²) in [5.41, 5.74) is 0. The first-order valence-electron chi connectivity index (χ1n) is 18.7. The lowest BCUT2D eigenvalue weighted by Gasteiger charge is -2.51. The maximum absolute atomic E-state index is 12.9. The molecule has 0 bridgehead atoms. The largest absolute Gasteiger partial charge is 0.477 e. The molecule has 4 aliphatic heterocycles. The van der Waals surface area contributed by atoms with E-state index < -0.39 is 185 Å². The standard InChI is InChI=1S/C33H55N3O24/c1-9(41)34-17-12(44)4-33(32(52)53,59-27(17)20(46)13(45)5-37)60-28-22(48)15(7-39)55-31(24(28)50)57-25-16(8-40)56-30(18(23(25)49)35-10(2)42)58-26-19(36-11(3)43)29(51)54-14(6-38)21(26)47/h12-31,37-40,44-51H,4-8H2,1-3H3,(H,34,41)(H,35,42)(H,36,43)(H,52,53)/t12-,13+,14+,15+,16+,17+,18+,19+,20+,21-,22-,23+,24+,25+,26+,27+,28-,29?,30-,31-,33-/m0/s1. The van der Waals surface area contributed by atoms with E-state index in [0.29, 0.717) is 0 Å². The highest BCUT2D eigenvalue weighted by molar-refractivity contribution is 5.77. The first-order valence-corrected chi connectivity index (χ1v) is 18.7. The summed E-state index contributed by atoms with van der Waals surface area (Å²) >= 11 is 0. The number of carboxylic acids is 1. The normalized spacial score (nSPS) is 43.3. The first-order chi connectivity index (χ1) is 28.1. The van der Waals surface area contributed by atoms with Crippen molar-refractivity contribution in [3.05, 3.63) is 0 Å². The molecule has 0 aromatic carbocycles. The Morgan fingerprint density at radius 3 is 1.68 bits per heavy atom. The van der Waals surface area contributed by atoms with E-state index >= 15 is 0 Å². The Kier molecular flexibility index (Phi) is 17.4. The van der Waals surface area contributed by atoms with Gasteiger partial charge in [-0.25, -0.2) is 4.79 Å². The van der Waals surface area contributed by atoms with Gasteiger partial charge in [0.05, 0.1) is 38.6 Å². The average molecular weight is 878 g/mol. The summed E-state index contributed by atoms with van der Waals surface area (Å²) in [5, 5.41) is 145. The molecule has 346 valence electrons. The maximum atomic E-state index is 12.9. The van der Waals surface area contributed by atoms with Crippen LogP contribution in [-0.2, 0) is 52.3 Å². The highest BCUT2D eigenvalue weighted by atomic mass is 16.8. The minimum Gasteiger partial charge on any atom is -0.477 e. The van der Waals surface area contributed by atoms with Gasteiger partial charge in [0.1, 0.15) is 91.4 Å². The van der Waals surface area contributed by atoms with Crippen LogP contribution < -0.4 is 16.0 Å². The molecular formula is C33H55N3O24. The van der Waals surface area contributed by atoms with Crippen LogP contribution in [0.4, 0.5) is 0 Å². The van der Waals surface area contributed by atoms with E-state index in [1.807, 2.05) is 0 Å². The Labute approximate surface area is 340 Å². The molecule has 4 fully saturated rings. The molecule has 0 aliphatic carbocycles. The lowest BCUT2D eigenvalue weighted by molar-refractivity contribution is -0.385. The zero-order valence-corrected chi connectivity index (χ0v) is 32.4. The summed E-state index contributed by atoms with van der Waals surface area (Å²) in [6, 6.07) is -4.84. The second-order valence-electron chi connectivity index (χ2n) is 14.8. The smallest absolute Gasteiger partial charge is 0.364 e. The van der Waals surface area contributed by atoms with Gasteiger partial charge in [0.2, 0.25) is 17.7 Å². The van der Waals surface area contributed by atoms with E-state index in [-0.39, 0.29) is 0 Å². The molecule has 1 unspecified atom stereocenters. The van der Waals surface area contributed by atoms with Crippen molar-refractivity contribution in [3.63, 3.8) is 0 Å². The van der Waals surface area contributed by atoms with Gasteiger partial charge >= 0.3 is 5.97 Å². The summed E-state index contributed by atoms with van der Waals surface area (Å²) in [6.07, 6.45) is -34.0. The van der Waals surface area contributed by atoms with Crippen molar-refractivity contribution in [2.45, 2.75) is 155 Å². The van der Waals surface area contributed by atoms with Crippen LogP contribution >= 0.6 is 0 Å². The van der Waals surface area contributed by atoms with Gasteiger partial charge in [0.25, 0.3) is 5.79 Å². The molecule has 0 radical (unpaired) electrons. The summed E-state index contributed by atoms with van der Waals surface area (Å²) in [5.74, 6) is -7.48. The molecule has 4 rings (SSSR count). The molecule has 0 saturated carbocycles. The van der Waals surface area contributed by atoms with E-state index in [2.05, 4.69) is 16.0 Å². The lowest BCUT2D eigenvalue weighted by Crippen LogP contribution is -2.71. The molecule has 27 nitrogen and oxygen atoms in total. The zero-order chi connectivity index (χ0) is 45.0. The average Bonchev–Trinajstić information content (AvgIpc) is 3.18. The van der Waals surface area contributed by atoms with Crippen LogP contribution in [-0.4, -0.2) is 245 Å². The predicted molar refractivity (Wildman–Crippen MR) is 186 cm³/mol. The first kappa shape index (κ1) is 49.8. The second-order valence-corrected chi connectivity index (χ2v) is 14.8. The van der Waals surface area contributed by atoms with Gasteiger partial charge in [-0.1, -0.05) is 0 Å². The van der Waals surface area contributed by atoms with Crippen LogP contribution in [0.2, 0.25) is 0 Å². The molecule has 4 aliphatic rings. The molecule has 3 amide bonds. The minimum absolute atomic E-state index is 0.720. The van der Waals surface area contributed by atoms with Gasteiger partial charge in [0.15, 0.2) is 18.9 Å². The summed E-state index contributed by atoms with van der Waals surface area (Å²) in [6.45, 7) is -0.921. The third kappa shape index (κ3) is 10.8. The Hall–Kier alpha value is -2.88. The fourth-order valence-corrected chi connectivity index (χ4v) is 7.46. The van der Waals surface area contributed by atoms with Gasteiger partial charge in [0, 0.05) is 27.2 Å². The Morgan fingerprint density at radius 2 is 1.15 bits per heavy atom. The van der Waals surface area contributed by atoms with E-state index in [9.17, 15) is 85.6 Å². The topological polar surface area (TPSA) is 432 Å². The highest BCUT2D eigenvalue weighted by Gasteiger charge is 2.60. The van der Waals surface area contributed by atoms with Crippen LogP contribution in [0.15, 0.2) is 0 Å². The number of carbonyl (C=O) groups is 4. The quantitative estimate of drug-likeness (QED) is 0.0684. The number of hydrogen-bond acceptors (Lipinski definition) is 23. The number of ether oxygens (including phenoxy) is 7. The number of nitrogens with one attached hydrogen (secondary N) is 3. The van der Waals surface area contributed by atoms with Crippen LogP contribution in [0.25, 0.3) is 0 Å². The van der Waals surface area contributed by atoms with Gasteiger partial charge < -0.3 is 115 Å². The number of carboxylic acid groups (broad SMARTS) is 1. The number of hydrogen-bond donors (Lipinski definition) is 16. The maximum Gasteiger partial charge on any atom is 0.364 e. The fraction of sp³-hybridized carbons (Fsp3) is 0.879. The Morgan fingerprint density at radius 1 is 0.650 bits per heavy atom. The van der Waals surface area contributed by atoms with Crippen molar-refractivity contribution in [1.82, 2.24) is 16.0 Å². The number of rotatable bonds is 16. The monoisotopic (exact) mass is 877 g/mol. The number of amides is 3. The molecule has 4 saturated heterocycles. The highest BCUT2D eigenvalue weighted by Crippen LogP contribution is 2.39. The van der Waals surface area contributed by atoms with Crippen molar-refractivity contribution in [2.24, 2.45) is 0 Å². The lowest BCUT2D eigenvalue weighted by atomic mass is 9.88. The molecule has 4 heterocycles. The molecule has 0 aromatic rings. The van der Waals surface area contributed by atoms with Crippen molar-refractivity contribution in [2.75, 3.05) is 26.4 Å². The SMILES string of the molecule is CC(=O)N[C@H]1[C@H](O[C@H]2[C@@H](O)[C@@H](CO)OC(O)[C@@H]2NC(C)=O)O[C@H](CO)[C@@H](O[C@@H]2O[C@H](CO)[C@H](O)[C@H](O[C@]3(C(=O)O)C[C@H](O)[C@@H](NC(C)=O)[C@H]([C@H](O)[C@H](O)CO)O3)[C@H]2O)[C@@H]1O. The van der Waals surface area contributed by atoms with Crippen molar-refractivity contribution < 1.29 is 119 Å². The van der Waals surface area contributed by atoms with E-state index in [4.69, 9.17) is 33.2 Å². The van der Waals surface area contributed by atoms with Crippen molar-refractivity contribution >= 4 is 23.7 Å². The third-order valence-electron chi connectivity index (χ3n) is 10.4. The minimum atomic E-state index is -3.13. The molecule has 0 aromatic heterocycles. The number of aliphatic hydroxyl groups excluding tert-OH is 12. The summed E-state index contributed by atoms with van der Waals surface area (Å²) in [4.78, 5) is 49.1. The van der Waals surface area contributed by atoms with Gasteiger partial charge in [-0.2, -0.15) is 0 Å². The van der Waals surface area contributed by atoms with Gasteiger partial charge in [-0.05, 0) is 0 Å². The van der Waals surface area contributed by atoms with Crippen molar-refractivity contribution in [1.29, 1.82) is 0 Å². The number of aliphatic hydroxyl groups is 12. The summed E-state index contributed by atoms with van der Waals surface area (Å²) in [7, 11) is 0.